The fraction of sp³-hybridized carbons (Fsp3) is 0.667. The number of halogens is 1. The lowest BCUT2D eigenvalue weighted by atomic mass is 10.0. The van der Waals surface area contributed by atoms with Gasteiger partial charge in [-0.05, 0) is 31.4 Å². The van der Waals surface area contributed by atoms with Gasteiger partial charge in [0.15, 0.2) is 5.16 Å². The molecule has 1 unspecified atom stereocenters. The van der Waals surface area contributed by atoms with Gasteiger partial charge in [0.05, 0.1) is 0 Å². The Labute approximate surface area is 112 Å². The van der Waals surface area contributed by atoms with Gasteiger partial charge in [-0.3, -0.25) is 0 Å². The van der Waals surface area contributed by atoms with Crippen LogP contribution in [0.15, 0.2) is 11.2 Å². The number of aromatic nitrogens is 2. The van der Waals surface area contributed by atoms with Crippen molar-refractivity contribution in [3.63, 3.8) is 0 Å². The van der Waals surface area contributed by atoms with E-state index in [2.05, 4.69) is 21.8 Å². The topological polar surface area (TPSA) is 29.0 Å². The third kappa shape index (κ3) is 3.49. The summed E-state index contributed by atoms with van der Waals surface area (Å²) < 4.78 is 0. The lowest BCUT2D eigenvalue weighted by Crippen LogP contribution is -2.25. The molecule has 0 N–H and O–H groups in total. The minimum Gasteiger partial charge on any atom is -0.356 e. The summed E-state index contributed by atoms with van der Waals surface area (Å²) in [6, 6.07) is 1.87. The molecule has 0 bridgehead atoms. The third-order valence-electron chi connectivity index (χ3n) is 3.18. The van der Waals surface area contributed by atoms with E-state index in [1.165, 1.54) is 31.0 Å². The van der Waals surface area contributed by atoms with Crippen LogP contribution < -0.4 is 4.90 Å². The second-order valence-electron chi connectivity index (χ2n) is 4.56. The monoisotopic (exact) mass is 271 g/mol. The third-order valence-corrected chi connectivity index (χ3v) is 3.93. The zero-order chi connectivity index (χ0) is 12.3. The van der Waals surface area contributed by atoms with Crippen molar-refractivity contribution in [2.45, 2.75) is 31.3 Å². The van der Waals surface area contributed by atoms with Crippen molar-refractivity contribution in [3.8, 4) is 0 Å². The smallest absolute Gasteiger partial charge is 0.190 e. The number of thioether (sulfide) groups is 1. The first-order valence-electron chi connectivity index (χ1n) is 6.02. The molecule has 17 heavy (non-hydrogen) atoms. The Morgan fingerprint density at radius 1 is 1.35 bits per heavy atom. The minimum absolute atomic E-state index is 0.539. The van der Waals surface area contributed by atoms with E-state index in [-0.39, 0.29) is 0 Å². The van der Waals surface area contributed by atoms with E-state index in [9.17, 15) is 0 Å². The molecule has 1 aromatic rings. The van der Waals surface area contributed by atoms with E-state index in [0.29, 0.717) is 5.15 Å². The Hall–Kier alpha value is -0.480. The van der Waals surface area contributed by atoms with Gasteiger partial charge < -0.3 is 4.90 Å². The Balaban J connectivity index is 2.17. The molecule has 3 nitrogen and oxygen atoms in total. The first-order valence-corrected chi connectivity index (χ1v) is 7.63. The highest BCUT2D eigenvalue weighted by Gasteiger charge is 2.16. The molecule has 1 aromatic heterocycles. The van der Waals surface area contributed by atoms with Crippen molar-refractivity contribution in [1.82, 2.24) is 9.97 Å². The summed E-state index contributed by atoms with van der Waals surface area (Å²) in [5, 5.41) is 1.29. The van der Waals surface area contributed by atoms with Crippen LogP contribution in [0.1, 0.15) is 26.2 Å². The predicted octanol–water partition coefficient (Wildman–Crippen LogP) is 3.48. The zero-order valence-corrected chi connectivity index (χ0v) is 11.9. The fourth-order valence-corrected chi connectivity index (χ4v) is 2.73. The van der Waals surface area contributed by atoms with Gasteiger partial charge in [0.25, 0.3) is 0 Å². The first-order chi connectivity index (χ1) is 8.19. The van der Waals surface area contributed by atoms with Crippen LogP contribution in [0.3, 0.4) is 0 Å². The lowest BCUT2D eigenvalue weighted by Gasteiger charge is -2.21. The molecule has 0 amide bonds. The number of rotatable bonds is 2. The Morgan fingerprint density at radius 3 is 2.94 bits per heavy atom. The van der Waals surface area contributed by atoms with Gasteiger partial charge in [-0.1, -0.05) is 30.3 Å². The van der Waals surface area contributed by atoms with Gasteiger partial charge in [0.1, 0.15) is 11.0 Å². The van der Waals surface area contributed by atoms with E-state index >= 15 is 0 Å². The number of nitrogens with zero attached hydrogens (tertiary/aromatic N) is 3. The van der Waals surface area contributed by atoms with E-state index in [4.69, 9.17) is 11.6 Å². The van der Waals surface area contributed by atoms with Crippen LogP contribution in [0, 0.1) is 5.92 Å². The van der Waals surface area contributed by atoms with Crippen molar-refractivity contribution in [2.24, 2.45) is 5.92 Å². The molecule has 5 heteroatoms. The van der Waals surface area contributed by atoms with Crippen LogP contribution in [-0.4, -0.2) is 29.3 Å². The normalized spacial score (nSPS) is 21.4. The summed E-state index contributed by atoms with van der Waals surface area (Å²) in [4.78, 5) is 11.0. The molecule has 1 fully saturated rings. The molecule has 0 aliphatic carbocycles. The molecular formula is C12H18ClN3S. The molecule has 2 rings (SSSR count). The maximum atomic E-state index is 6.03. The first kappa shape index (κ1) is 13.0. The van der Waals surface area contributed by atoms with Crippen LogP contribution in [0.4, 0.5) is 5.82 Å². The molecule has 1 saturated heterocycles. The summed E-state index contributed by atoms with van der Waals surface area (Å²) in [6.07, 6.45) is 5.75. The molecule has 94 valence electrons. The maximum absolute atomic E-state index is 6.03. The molecule has 0 radical (unpaired) electrons. The van der Waals surface area contributed by atoms with E-state index in [0.717, 1.165) is 30.0 Å². The second kappa shape index (κ2) is 5.91. The molecule has 2 heterocycles. The largest absolute Gasteiger partial charge is 0.356 e. The van der Waals surface area contributed by atoms with Crippen LogP contribution in [0.2, 0.25) is 5.15 Å². The van der Waals surface area contributed by atoms with Crippen molar-refractivity contribution < 1.29 is 0 Å². The fourth-order valence-electron chi connectivity index (χ4n) is 2.13. The standard InChI is InChI=1S/C12H18ClN3S/c1-9-4-3-6-16(7-5-9)11-8-10(13)14-12(15-11)17-2/h8-9H,3-7H2,1-2H3. The average molecular weight is 272 g/mol. The number of hydrogen-bond donors (Lipinski definition) is 0. The van der Waals surface area contributed by atoms with Gasteiger partial charge in [-0.2, -0.15) is 0 Å². The molecule has 0 spiro atoms. The van der Waals surface area contributed by atoms with Crippen LogP contribution >= 0.6 is 23.4 Å². The highest BCUT2D eigenvalue weighted by Crippen LogP contribution is 2.24. The molecular weight excluding hydrogens is 254 g/mol. The maximum Gasteiger partial charge on any atom is 0.190 e. The number of hydrogen-bond acceptors (Lipinski definition) is 4. The summed E-state index contributed by atoms with van der Waals surface area (Å²) in [5.41, 5.74) is 0. The quantitative estimate of drug-likeness (QED) is 0.468. The van der Waals surface area contributed by atoms with Crippen LogP contribution in [0.25, 0.3) is 0 Å². The Morgan fingerprint density at radius 2 is 2.18 bits per heavy atom. The van der Waals surface area contributed by atoms with Crippen LogP contribution in [0.5, 0.6) is 0 Å². The van der Waals surface area contributed by atoms with E-state index < -0.39 is 0 Å². The summed E-state index contributed by atoms with van der Waals surface area (Å²) in [7, 11) is 0. The predicted molar refractivity (Wildman–Crippen MR) is 74.1 cm³/mol. The van der Waals surface area contributed by atoms with Gasteiger partial charge in [0, 0.05) is 19.2 Å². The van der Waals surface area contributed by atoms with Gasteiger partial charge in [-0.25, -0.2) is 9.97 Å². The summed E-state index contributed by atoms with van der Waals surface area (Å²) in [6.45, 7) is 4.47. The van der Waals surface area contributed by atoms with E-state index in [1.54, 1.807) is 0 Å². The number of anilines is 1. The Bertz CT molecular complexity index is 386. The van der Waals surface area contributed by atoms with Crippen molar-refractivity contribution >= 4 is 29.2 Å². The minimum atomic E-state index is 0.539. The molecule has 1 aliphatic heterocycles. The second-order valence-corrected chi connectivity index (χ2v) is 5.72. The van der Waals surface area contributed by atoms with Crippen molar-refractivity contribution in [1.29, 1.82) is 0 Å². The zero-order valence-electron chi connectivity index (χ0n) is 10.3. The lowest BCUT2D eigenvalue weighted by molar-refractivity contribution is 0.521. The highest BCUT2D eigenvalue weighted by atomic mass is 35.5. The van der Waals surface area contributed by atoms with E-state index in [1.807, 2.05) is 12.3 Å². The summed E-state index contributed by atoms with van der Waals surface area (Å²) in [5.74, 6) is 1.79. The molecule has 1 aliphatic rings. The summed E-state index contributed by atoms with van der Waals surface area (Å²) >= 11 is 7.56. The Kier molecular flexibility index (Phi) is 4.51. The van der Waals surface area contributed by atoms with Crippen LogP contribution in [-0.2, 0) is 0 Å². The molecule has 1 atom stereocenters. The van der Waals surface area contributed by atoms with Crippen molar-refractivity contribution in [3.05, 3.63) is 11.2 Å². The molecule has 0 saturated carbocycles. The average Bonchev–Trinajstić information content (AvgIpc) is 2.53. The molecule has 0 aromatic carbocycles. The van der Waals surface area contributed by atoms with Gasteiger partial charge >= 0.3 is 0 Å². The SMILES string of the molecule is CSc1nc(Cl)cc(N2CCCC(C)CC2)n1. The van der Waals surface area contributed by atoms with Crippen molar-refractivity contribution in [2.75, 3.05) is 24.2 Å². The highest BCUT2D eigenvalue weighted by molar-refractivity contribution is 7.98. The van der Waals surface area contributed by atoms with Gasteiger partial charge in [0.2, 0.25) is 0 Å². The van der Waals surface area contributed by atoms with Gasteiger partial charge in [-0.15, -0.1) is 0 Å².